The van der Waals surface area contributed by atoms with Gasteiger partial charge in [-0.15, -0.1) is 5.10 Å². The summed E-state index contributed by atoms with van der Waals surface area (Å²) in [5.74, 6) is 0. The third-order valence-corrected chi connectivity index (χ3v) is 4.54. The van der Waals surface area contributed by atoms with E-state index < -0.39 is 37.3 Å². The van der Waals surface area contributed by atoms with Crippen LogP contribution in [0.1, 0.15) is 24.2 Å². The Kier molecular flexibility index (Phi) is 8.06. The highest BCUT2D eigenvalue weighted by molar-refractivity contribution is 4.97. The van der Waals surface area contributed by atoms with Crippen molar-refractivity contribution in [2.24, 2.45) is 0 Å². The normalized spacial score (nSPS) is 27.4. The molecule has 5 N–H and O–H groups in total. The predicted octanol–water partition coefficient (Wildman–Crippen LogP) is -1.84. The van der Waals surface area contributed by atoms with Crippen LogP contribution in [0.3, 0.4) is 0 Å². The molecule has 3 heterocycles. The molecule has 5 atom stereocenters. The van der Waals surface area contributed by atoms with Crippen molar-refractivity contribution in [2.75, 3.05) is 19.8 Å². The van der Waals surface area contributed by atoms with Gasteiger partial charge in [-0.25, -0.2) is 9.67 Å². The lowest BCUT2D eigenvalue weighted by molar-refractivity contribution is -0.301. The Bertz CT molecular complexity index is 711. The number of aliphatic hydroxyl groups is 4. The molecule has 0 aromatic carbocycles. The van der Waals surface area contributed by atoms with Crippen molar-refractivity contribution < 1.29 is 34.6 Å². The molecule has 12 heteroatoms. The maximum absolute atomic E-state index is 9.88. The number of aromatic amines is 1. The highest BCUT2D eigenvalue weighted by Crippen LogP contribution is 2.22. The molecule has 0 radical (unpaired) electrons. The summed E-state index contributed by atoms with van der Waals surface area (Å²) >= 11 is 0. The first-order chi connectivity index (χ1) is 14.1. The molecule has 3 rings (SSSR count). The third-order valence-electron chi connectivity index (χ3n) is 4.54. The van der Waals surface area contributed by atoms with Gasteiger partial charge < -0.3 is 39.6 Å². The van der Waals surface area contributed by atoms with Crippen LogP contribution in [0.25, 0.3) is 0 Å². The molecule has 1 aliphatic heterocycles. The van der Waals surface area contributed by atoms with Gasteiger partial charge in [-0.05, 0) is 12.8 Å². The summed E-state index contributed by atoms with van der Waals surface area (Å²) < 4.78 is 18.0. The largest absolute Gasteiger partial charge is 0.394 e. The summed E-state index contributed by atoms with van der Waals surface area (Å²) in [6.07, 6.45) is 0.219. The van der Waals surface area contributed by atoms with Crippen molar-refractivity contribution in [3.05, 3.63) is 30.1 Å². The van der Waals surface area contributed by atoms with Crippen LogP contribution < -0.4 is 0 Å². The summed E-state index contributed by atoms with van der Waals surface area (Å²) in [7, 11) is 0. The van der Waals surface area contributed by atoms with E-state index in [0.29, 0.717) is 32.6 Å². The average molecular weight is 413 g/mol. The molecule has 1 saturated heterocycles. The number of rotatable bonds is 11. The molecule has 2 aromatic heterocycles. The van der Waals surface area contributed by atoms with Crippen LogP contribution in [-0.4, -0.2) is 95.9 Å². The second kappa shape index (κ2) is 10.7. The molecule has 12 nitrogen and oxygen atoms in total. The van der Waals surface area contributed by atoms with E-state index in [2.05, 4.69) is 20.3 Å². The molecule has 1 aliphatic rings. The second-order valence-corrected chi connectivity index (χ2v) is 6.81. The van der Waals surface area contributed by atoms with Gasteiger partial charge >= 0.3 is 0 Å². The molecule has 0 bridgehead atoms. The zero-order valence-electron chi connectivity index (χ0n) is 15.9. The van der Waals surface area contributed by atoms with Crippen molar-refractivity contribution >= 4 is 0 Å². The number of unbranched alkanes of at least 4 members (excludes halogenated alkanes) is 1. The number of aliphatic hydroxyl groups excluding tert-OH is 4. The van der Waals surface area contributed by atoms with Crippen LogP contribution in [-0.2, 0) is 27.4 Å². The van der Waals surface area contributed by atoms with E-state index in [9.17, 15) is 15.3 Å². The molecular formula is C17H27N5O7. The van der Waals surface area contributed by atoms with Gasteiger partial charge in [0.05, 0.1) is 38.0 Å². The van der Waals surface area contributed by atoms with E-state index in [0.717, 1.165) is 11.4 Å². The number of hydrogen-bond donors (Lipinski definition) is 5. The van der Waals surface area contributed by atoms with Crippen LogP contribution in [0.5, 0.6) is 0 Å². The van der Waals surface area contributed by atoms with Crippen molar-refractivity contribution in [1.29, 1.82) is 0 Å². The Morgan fingerprint density at radius 2 is 1.97 bits per heavy atom. The summed E-state index contributed by atoms with van der Waals surface area (Å²) in [5.41, 5.74) is 1.66. The Hall–Kier alpha value is -1.93. The standard InChI is InChI=1S/C17H27N5O7/c23-8-13-14(24)15(25)16(26)17(29-13)28-4-2-1-3-27-9-12-7-22(21-20-12)6-11-5-18-10-19-11/h5,7,10,13-17,23-26H,1-4,6,8-9H2,(H,18,19). The van der Waals surface area contributed by atoms with E-state index in [4.69, 9.17) is 19.3 Å². The van der Waals surface area contributed by atoms with Crippen molar-refractivity contribution in [2.45, 2.75) is 56.7 Å². The zero-order chi connectivity index (χ0) is 20.6. The molecule has 0 amide bonds. The number of H-pyrrole nitrogens is 1. The molecule has 1 fully saturated rings. The zero-order valence-corrected chi connectivity index (χ0v) is 15.9. The molecule has 0 saturated carbocycles. The van der Waals surface area contributed by atoms with Crippen molar-refractivity contribution in [3.63, 3.8) is 0 Å². The minimum absolute atomic E-state index is 0.270. The minimum Gasteiger partial charge on any atom is -0.394 e. The molecule has 162 valence electrons. The molecular weight excluding hydrogens is 386 g/mol. The van der Waals surface area contributed by atoms with E-state index in [-0.39, 0.29) is 6.61 Å². The van der Waals surface area contributed by atoms with Crippen LogP contribution in [0, 0.1) is 0 Å². The lowest BCUT2D eigenvalue weighted by atomic mass is 9.99. The lowest BCUT2D eigenvalue weighted by Crippen LogP contribution is -2.59. The Balaban J connectivity index is 1.27. The fourth-order valence-electron chi connectivity index (χ4n) is 2.92. The summed E-state index contributed by atoms with van der Waals surface area (Å²) in [5, 5.41) is 46.5. The van der Waals surface area contributed by atoms with Crippen molar-refractivity contribution in [3.8, 4) is 0 Å². The van der Waals surface area contributed by atoms with E-state index in [1.807, 2.05) is 6.20 Å². The molecule has 0 spiro atoms. The molecule has 0 aliphatic carbocycles. The average Bonchev–Trinajstić information content (AvgIpc) is 3.39. The second-order valence-electron chi connectivity index (χ2n) is 6.81. The van der Waals surface area contributed by atoms with Gasteiger partial charge in [0.2, 0.25) is 0 Å². The highest BCUT2D eigenvalue weighted by Gasteiger charge is 2.43. The van der Waals surface area contributed by atoms with Gasteiger partial charge in [-0.2, -0.15) is 0 Å². The van der Waals surface area contributed by atoms with Gasteiger partial charge in [0, 0.05) is 19.4 Å². The Morgan fingerprint density at radius 1 is 1.14 bits per heavy atom. The van der Waals surface area contributed by atoms with Crippen molar-refractivity contribution in [1.82, 2.24) is 25.0 Å². The van der Waals surface area contributed by atoms with Gasteiger partial charge in [0.1, 0.15) is 30.1 Å². The topological polar surface area (TPSA) is 168 Å². The minimum atomic E-state index is -1.43. The third kappa shape index (κ3) is 6.02. The number of hydrogen-bond acceptors (Lipinski definition) is 10. The van der Waals surface area contributed by atoms with Gasteiger partial charge in [-0.1, -0.05) is 5.21 Å². The first-order valence-corrected chi connectivity index (χ1v) is 9.44. The fraction of sp³-hybridized carbons (Fsp3) is 0.706. The van der Waals surface area contributed by atoms with Crippen LogP contribution >= 0.6 is 0 Å². The highest BCUT2D eigenvalue weighted by atomic mass is 16.7. The number of imidazole rings is 1. The summed E-state index contributed by atoms with van der Waals surface area (Å²) in [6.45, 7) is 1.18. The van der Waals surface area contributed by atoms with Gasteiger partial charge in [-0.3, -0.25) is 0 Å². The monoisotopic (exact) mass is 413 g/mol. The van der Waals surface area contributed by atoms with E-state index in [1.54, 1.807) is 17.2 Å². The first kappa shape index (κ1) is 21.8. The smallest absolute Gasteiger partial charge is 0.186 e. The SMILES string of the molecule is OCC1OC(OCCCCOCc2cn(Cc3cnc[nH]3)nn2)C(O)C(O)C1O. The summed E-state index contributed by atoms with van der Waals surface area (Å²) in [4.78, 5) is 6.95. The molecule has 29 heavy (non-hydrogen) atoms. The maximum atomic E-state index is 9.88. The quantitative estimate of drug-likeness (QED) is 0.264. The van der Waals surface area contributed by atoms with Crippen LogP contribution in [0.15, 0.2) is 18.7 Å². The Labute approximate surface area is 167 Å². The number of nitrogens with zero attached hydrogens (tertiary/aromatic N) is 4. The number of nitrogens with one attached hydrogen (secondary N) is 1. The number of aromatic nitrogens is 5. The lowest BCUT2D eigenvalue weighted by Gasteiger charge is -2.39. The van der Waals surface area contributed by atoms with Gasteiger partial charge in [0.25, 0.3) is 0 Å². The molecule has 2 aromatic rings. The van der Waals surface area contributed by atoms with E-state index in [1.165, 1.54) is 0 Å². The summed E-state index contributed by atoms with van der Waals surface area (Å²) in [6, 6.07) is 0. The maximum Gasteiger partial charge on any atom is 0.186 e. The Morgan fingerprint density at radius 3 is 2.72 bits per heavy atom. The van der Waals surface area contributed by atoms with Crippen LogP contribution in [0.2, 0.25) is 0 Å². The first-order valence-electron chi connectivity index (χ1n) is 9.44. The number of ether oxygens (including phenoxy) is 3. The molecule has 5 unspecified atom stereocenters. The van der Waals surface area contributed by atoms with Gasteiger partial charge in [0.15, 0.2) is 6.29 Å². The fourth-order valence-corrected chi connectivity index (χ4v) is 2.92. The predicted molar refractivity (Wildman–Crippen MR) is 96.3 cm³/mol. The van der Waals surface area contributed by atoms with Crippen LogP contribution in [0.4, 0.5) is 0 Å². The van der Waals surface area contributed by atoms with E-state index >= 15 is 0 Å².